The molecule has 0 spiro atoms. The molecule has 5 heteroatoms. The van der Waals surface area contributed by atoms with Crippen molar-refractivity contribution in [2.75, 3.05) is 13.2 Å². The number of hydrogen-bond acceptors (Lipinski definition) is 3. The summed E-state index contributed by atoms with van der Waals surface area (Å²) in [4.78, 5) is 13.1. The van der Waals surface area contributed by atoms with Gasteiger partial charge < -0.3 is 10.1 Å². The summed E-state index contributed by atoms with van der Waals surface area (Å²) in [5, 5.41) is 4.02. The van der Waals surface area contributed by atoms with Crippen molar-refractivity contribution in [3.63, 3.8) is 0 Å². The van der Waals surface area contributed by atoms with Crippen LogP contribution in [-0.2, 0) is 0 Å². The van der Waals surface area contributed by atoms with E-state index in [1.165, 1.54) is 17.4 Å². The number of carbonyl (C=O) groups excluding carboxylic acids is 1. The molecule has 1 N–H and O–H groups in total. The van der Waals surface area contributed by atoms with Crippen LogP contribution in [0.1, 0.15) is 21.7 Å². The number of fused-ring (bicyclic) bond motifs is 1. The smallest absolute Gasteiger partial charge is 0.261 e. The normalized spacial score (nSPS) is 10.8. The van der Waals surface area contributed by atoms with Crippen molar-refractivity contribution in [2.45, 2.75) is 13.3 Å². The number of rotatable bonds is 6. The number of hydrogen-bond donors (Lipinski definition) is 1. The van der Waals surface area contributed by atoms with E-state index in [0.29, 0.717) is 19.6 Å². The average Bonchev–Trinajstić information content (AvgIpc) is 2.93. The molecule has 0 aliphatic heterocycles. The summed E-state index contributed by atoms with van der Waals surface area (Å²) in [6.45, 7) is 2.81. The molecule has 24 heavy (non-hydrogen) atoms. The Morgan fingerprint density at radius 1 is 1.17 bits per heavy atom. The molecule has 0 unspecified atom stereocenters. The highest BCUT2D eigenvalue weighted by Gasteiger charge is 2.14. The van der Waals surface area contributed by atoms with Gasteiger partial charge in [0, 0.05) is 11.2 Å². The van der Waals surface area contributed by atoms with E-state index in [2.05, 4.69) is 5.32 Å². The molecule has 2 aromatic carbocycles. The van der Waals surface area contributed by atoms with Crippen LogP contribution in [0.5, 0.6) is 5.75 Å². The summed E-state index contributed by atoms with van der Waals surface area (Å²) in [5.41, 5.74) is 1.01. The van der Waals surface area contributed by atoms with Gasteiger partial charge in [-0.1, -0.05) is 30.3 Å². The first-order valence-electron chi connectivity index (χ1n) is 7.80. The van der Waals surface area contributed by atoms with Crippen molar-refractivity contribution in [2.24, 2.45) is 0 Å². The Morgan fingerprint density at radius 3 is 2.71 bits per heavy atom. The molecule has 0 bridgehead atoms. The van der Waals surface area contributed by atoms with E-state index in [9.17, 15) is 9.18 Å². The number of aryl methyl sites for hydroxylation is 1. The van der Waals surface area contributed by atoms with Crippen molar-refractivity contribution in [1.82, 2.24) is 5.32 Å². The second kappa shape index (κ2) is 7.45. The van der Waals surface area contributed by atoms with Gasteiger partial charge in [0.25, 0.3) is 5.91 Å². The molecule has 0 atom stereocenters. The predicted octanol–water partition coefficient (Wildman–Crippen LogP) is 4.55. The maximum atomic E-state index is 13.4. The van der Waals surface area contributed by atoms with Crippen molar-refractivity contribution in [1.29, 1.82) is 0 Å². The number of amides is 1. The van der Waals surface area contributed by atoms with Gasteiger partial charge in [0.15, 0.2) is 11.6 Å². The molecule has 0 saturated heterocycles. The van der Waals surface area contributed by atoms with Gasteiger partial charge in [0.1, 0.15) is 0 Å². The first kappa shape index (κ1) is 16.5. The molecule has 1 heterocycles. The first-order chi connectivity index (χ1) is 11.7. The number of thiophene rings is 1. The Morgan fingerprint density at radius 2 is 1.92 bits per heavy atom. The number of benzene rings is 2. The van der Waals surface area contributed by atoms with Crippen LogP contribution < -0.4 is 10.1 Å². The van der Waals surface area contributed by atoms with Gasteiger partial charge in [-0.05, 0) is 42.5 Å². The summed E-state index contributed by atoms with van der Waals surface area (Å²) in [6, 6.07) is 14.3. The standard InChI is InChI=1S/C19H18FNO2S/c1-13-14-7-2-5-10-17(14)24-18(13)19(22)21-11-6-12-23-16-9-4-3-8-15(16)20/h2-5,7-10H,6,11-12H2,1H3,(H,21,22). The Hall–Kier alpha value is -2.40. The van der Waals surface area contributed by atoms with Crippen molar-refractivity contribution in [3.8, 4) is 5.75 Å². The molecule has 1 amide bonds. The summed E-state index contributed by atoms with van der Waals surface area (Å²) < 4.78 is 19.9. The summed E-state index contributed by atoms with van der Waals surface area (Å²) >= 11 is 1.50. The van der Waals surface area contributed by atoms with Gasteiger partial charge in [0.2, 0.25) is 0 Å². The summed E-state index contributed by atoms with van der Waals surface area (Å²) in [7, 11) is 0. The predicted molar refractivity (Wildman–Crippen MR) is 95.4 cm³/mol. The minimum atomic E-state index is -0.373. The number of nitrogens with one attached hydrogen (secondary N) is 1. The fourth-order valence-corrected chi connectivity index (χ4v) is 3.61. The van der Waals surface area contributed by atoms with Gasteiger partial charge in [-0.25, -0.2) is 4.39 Å². The van der Waals surface area contributed by atoms with Crippen LogP contribution in [0.2, 0.25) is 0 Å². The fraction of sp³-hybridized carbons (Fsp3) is 0.211. The van der Waals surface area contributed by atoms with Crippen LogP contribution in [0.4, 0.5) is 4.39 Å². The molecule has 0 saturated carbocycles. The van der Waals surface area contributed by atoms with E-state index in [0.717, 1.165) is 20.5 Å². The Kier molecular flexibility index (Phi) is 5.11. The van der Waals surface area contributed by atoms with Gasteiger partial charge in [-0.3, -0.25) is 4.79 Å². The van der Waals surface area contributed by atoms with Gasteiger partial charge in [-0.15, -0.1) is 11.3 Å². The number of carbonyl (C=O) groups is 1. The number of halogens is 1. The topological polar surface area (TPSA) is 38.3 Å². The first-order valence-corrected chi connectivity index (χ1v) is 8.62. The largest absolute Gasteiger partial charge is 0.490 e. The third kappa shape index (κ3) is 3.57. The second-order valence-corrected chi connectivity index (χ2v) is 6.49. The molecule has 0 fully saturated rings. The Labute approximate surface area is 144 Å². The van der Waals surface area contributed by atoms with Crippen LogP contribution in [0, 0.1) is 12.7 Å². The van der Waals surface area contributed by atoms with E-state index in [1.54, 1.807) is 18.2 Å². The minimum absolute atomic E-state index is 0.0698. The molecule has 0 radical (unpaired) electrons. The maximum Gasteiger partial charge on any atom is 0.261 e. The lowest BCUT2D eigenvalue weighted by Gasteiger charge is -2.08. The molecular formula is C19H18FNO2S. The molecule has 0 aliphatic carbocycles. The fourth-order valence-electron chi connectivity index (χ4n) is 2.49. The molecule has 3 rings (SSSR count). The van der Waals surface area contributed by atoms with Crippen molar-refractivity contribution >= 4 is 27.3 Å². The second-order valence-electron chi connectivity index (χ2n) is 5.44. The van der Waals surface area contributed by atoms with Crippen LogP contribution >= 0.6 is 11.3 Å². The highest BCUT2D eigenvalue weighted by Crippen LogP contribution is 2.30. The SMILES string of the molecule is Cc1c(C(=O)NCCCOc2ccccc2F)sc2ccccc12. The van der Waals surface area contributed by atoms with Crippen LogP contribution in [0.25, 0.3) is 10.1 Å². The molecule has 1 aromatic heterocycles. The quantitative estimate of drug-likeness (QED) is 0.667. The lowest BCUT2D eigenvalue weighted by Crippen LogP contribution is -2.25. The third-order valence-corrected chi connectivity index (χ3v) is 5.02. The van der Waals surface area contributed by atoms with Crippen LogP contribution in [0.3, 0.4) is 0 Å². The average molecular weight is 343 g/mol. The maximum absolute atomic E-state index is 13.4. The van der Waals surface area contributed by atoms with Gasteiger partial charge in [0.05, 0.1) is 11.5 Å². The van der Waals surface area contributed by atoms with Gasteiger partial charge in [-0.2, -0.15) is 0 Å². The van der Waals surface area contributed by atoms with Crippen molar-refractivity contribution in [3.05, 3.63) is 64.8 Å². The Balaban J connectivity index is 1.50. The zero-order valence-corrected chi connectivity index (χ0v) is 14.2. The minimum Gasteiger partial charge on any atom is -0.490 e. The number of para-hydroxylation sites is 1. The highest BCUT2D eigenvalue weighted by molar-refractivity contribution is 7.21. The molecule has 3 aromatic rings. The Bertz CT molecular complexity index is 859. The summed E-state index contributed by atoms with van der Waals surface area (Å²) in [5.74, 6) is -0.203. The van der Waals surface area contributed by atoms with E-state index >= 15 is 0 Å². The molecule has 0 aliphatic rings. The van der Waals surface area contributed by atoms with Gasteiger partial charge >= 0.3 is 0 Å². The zero-order chi connectivity index (χ0) is 16.9. The third-order valence-electron chi connectivity index (χ3n) is 3.75. The van der Waals surface area contributed by atoms with Crippen LogP contribution in [-0.4, -0.2) is 19.1 Å². The lowest BCUT2D eigenvalue weighted by molar-refractivity contribution is 0.0955. The lowest BCUT2D eigenvalue weighted by atomic mass is 10.1. The van der Waals surface area contributed by atoms with Crippen molar-refractivity contribution < 1.29 is 13.9 Å². The summed E-state index contributed by atoms with van der Waals surface area (Å²) in [6.07, 6.45) is 0.615. The number of ether oxygens (including phenoxy) is 1. The zero-order valence-electron chi connectivity index (χ0n) is 13.3. The molecule has 124 valence electrons. The van der Waals surface area contributed by atoms with E-state index < -0.39 is 0 Å². The van der Waals surface area contributed by atoms with Crippen LogP contribution in [0.15, 0.2) is 48.5 Å². The molecule has 3 nitrogen and oxygen atoms in total. The van der Waals surface area contributed by atoms with E-state index in [4.69, 9.17) is 4.74 Å². The highest BCUT2D eigenvalue weighted by atomic mass is 32.1. The monoisotopic (exact) mass is 343 g/mol. The molecular weight excluding hydrogens is 325 g/mol. The van der Waals surface area contributed by atoms with E-state index in [-0.39, 0.29) is 17.5 Å². The van der Waals surface area contributed by atoms with E-state index in [1.807, 2.05) is 31.2 Å².